The lowest BCUT2D eigenvalue weighted by molar-refractivity contribution is 0.0341. The van der Waals surface area contributed by atoms with E-state index in [2.05, 4.69) is 11.0 Å². The van der Waals surface area contributed by atoms with Gasteiger partial charge in [0.1, 0.15) is 0 Å². The normalized spacial score (nSPS) is 23.0. The van der Waals surface area contributed by atoms with Crippen molar-refractivity contribution in [2.45, 2.75) is 13.0 Å². The second-order valence-electron chi connectivity index (χ2n) is 6.23. The van der Waals surface area contributed by atoms with Gasteiger partial charge in [-0.05, 0) is 36.6 Å². The number of carbonyl (C=O) groups is 1. The number of rotatable bonds is 4. The van der Waals surface area contributed by atoms with Gasteiger partial charge in [-0.1, -0.05) is 12.1 Å². The number of ether oxygens (including phenoxy) is 1. The van der Waals surface area contributed by atoms with Crippen LogP contribution in [-0.2, 0) is 11.3 Å². The minimum atomic E-state index is 0.139. The van der Waals surface area contributed by atoms with Crippen LogP contribution in [0.4, 0.5) is 0 Å². The summed E-state index contributed by atoms with van der Waals surface area (Å²) in [6, 6.07) is 8.03. The lowest BCUT2D eigenvalue weighted by Gasteiger charge is -2.26. The van der Waals surface area contributed by atoms with Crippen molar-refractivity contribution in [2.75, 3.05) is 45.9 Å². The zero-order valence-electron chi connectivity index (χ0n) is 13.0. The number of nitrogens with two attached hydrogens (primary N) is 1. The Morgan fingerprint density at radius 2 is 2.09 bits per heavy atom. The van der Waals surface area contributed by atoms with Crippen LogP contribution in [0, 0.1) is 5.92 Å². The molecule has 2 fully saturated rings. The number of nitrogens with zero attached hydrogens (tertiary/aromatic N) is 2. The third-order valence-electron chi connectivity index (χ3n) is 4.59. The van der Waals surface area contributed by atoms with E-state index < -0.39 is 0 Å². The topological polar surface area (TPSA) is 58.8 Å². The first kappa shape index (κ1) is 15.5. The highest BCUT2D eigenvalue weighted by molar-refractivity contribution is 5.94. The molecule has 5 nitrogen and oxygen atoms in total. The summed E-state index contributed by atoms with van der Waals surface area (Å²) < 4.78 is 5.37. The lowest BCUT2D eigenvalue weighted by atomic mass is 10.1. The summed E-state index contributed by atoms with van der Waals surface area (Å²) in [5, 5.41) is 0. The van der Waals surface area contributed by atoms with E-state index in [-0.39, 0.29) is 5.91 Å². The molecule has 2 aliphatic heterocycles. The summed E-state index contributed by atoms with van der Waals surface area (Å²) in [6.45, 7) is 6.69. The summed E-state index contributed by atoms with van der Waals surface area (Å²) in [7, 11) is 0. The fraction of sp³-hybridized carbons (Fsp3) is 0.588. The van der Waals surface area contributed by atoms with Gasteiger partial charge in [-0.2, -0.15) is 0 Å². The van der Waals surface area contributed by atoms with Crippen molar-refractivity contribution in [1.29, 1.82) is 0 Å². The summed E-state index contributed by atoms with van der Waals surface area (Å²) in [6.07, 6.45) is 1.02. The molecule has 0 spiro atoms. The quantitative estimate of drug-likeness (QED) is 0.899. The number of amides is 1. The highest BCUT2D eigenvalue weighted by Crippen LogP contribution is 2.19. The zero-order valence-corrected chi connectivity index (χ0v) is 13.0. The Kier molecular flexibility index (Phi) is 5.08. The number of likely N-dealkylation sites (tertiary alicyclic amines) is 1. The molecule has 2 aliphatic rings. The highest BCUT2D eigenvalue weighted by atomic mass is 16.5. The molecule has 120 valence electrons. The standard InChI is InChI=1S/C17H25N3O2/c18-11-15-4-5-20(13-15)17(21)16-3-1-2-14(10-16)12-19-6-8-22-9-7-19/h1-3,10,15H,4-9,11-13,18H2/t15-/m1/s1. The van der Waals surface area contributed by atoms with E-state index in [1.807, 2.05) is 23.1 Å². The van der Waals surface area contributed by atoms with Gasteiger partial charge >= 0.3 is 0 Å². The van der Waals surface area contributed by atoms with Crippen LogP contribution in [0.5, 0.6) is 0 Å². The van der Waals surface area contributed by atoms with Gasteiger partial charge in [0.2, 0.25) is 0 Å². The van der Waals surface area contributed by atoms with Crippen molar-refractivity contribution in [2.24, 2.45) is 11.7 Å². The molecule has 2 saturated heterocycles. The number of hydrogen-bond acceptors (Lipinski definition) is 4. The molecular weight excluding hydrogens is 278 g/mol. The average Bonchev–Trinajstić information content (AvgIpc) is 3.04. The molecule has 1 aromatic rings. The molecule has 1 aromatic carbocycles. The van der Waals surface area contributed by atoms with Crippen molar-refractivity contribution in [3.8, 4) is 0 Å². The largest absolute Gasteiger partial charge is 0.379 e. The number of hydrogen-bond donors (Lipinski definition) is 1. The maximum atomic E-state index is 12.6. The first-order valence-corrected chi connectivity index (χ1v) is 8.14. The monoisotopic (exact) mass is 303 g/mol. The molecule has 5 heteroatoms. The van der Waals surface area contributed by atoms with Crippen LogP contribution in [-0.4, -0.2) is 61.6 Å². The van der Waals surface area contributed by atoms with Crippen LogP contribution in [0.15, 0.2) is 24.3 Å². The molecule has 0 saturated carbocycles. The van der Waals surface area contributed by atoms with Crippen LogP contribution in [0.3, 0.4) is 0 Å². The molecule has 22 heavy (non-hydrogen) atoms. The predicted octanol–water partition coefficient (Wildman–Crippen LogP) is 0.940. The van der Waals surface area contributed by atoms with Crippen molar-refractivity contribution in [1.82, 2.24) is 9.80 Å². The summed E-state index contributed by atoms with van der Waals surface area (Å²) >= 11 is 0. The van der Waals surface area contributed by atoms with Crippen molar-refractivity contribution >= 4 is 5.91 Å². The lowest BCUT2D eigenvalue weighted by Crippen LogP contribution is -2.35. The van der Waals surface area contributed by atoms with Gasteiger partial charge in [-0.3, -0.25) is 9.69 Å². The van der Waals surface area contributed by atoms with E-state index in [1.165, 1.54) is 5.56 Å². The van der Waals surface area contributed by atoms with Crippen LogP contribution < -0.4 is 5.73 Å². The summed E-state index contributed by atoms with van der Waals surface area (Å²) in [5.41, 5.74) is 7.70. The van der Waals surface area contributed by atoms with Crippen molar-refractivity contribution in [3.63, 3.8) is 0 Å². The predicted molar refractivity (Wildman–Crippen MR) is 85.6 cm³/mol. The van der Waals surface area contributed by atoms with Gasteiger partial charge in [0.15, 0.2) is 0 Å². The summed E-state index contributed by atoms with van der Waals surface area (Å²) in [5.74, 6) is 0.597. The van der Waals surface area contributed by atoms with Gasteiger partial charge in [0.05, 0.1) is 13.2 Å². The first-order valence-electron chi connectivity index (χ1n) is 8.14. The fourth-order valence-corrected chi connectivity index (χ4v) is 3.21. The fourth-order valence-electron chi connectivity index (χ4n) is 3.21. The van der Waals surface area contributed by atoms with Crippen LogP contribution in [0.25, 0.3) is 0 Å². The van der Waals surface area contributed by atoms with Gasteiger partial charge < -0.3 is 15.4 Å². The van der Waals surface area contributed by atoms with E-state index >= 15 is 0 Å². The minimum Gasteiger partial charge on any atom is -0.379 e. The average molecular weight is 303 g/mol. The van der Waals surface area contributed by atoms with Crippen LogP contribution >= 0.6 is 0 Å². The number of morpholine rings is 1. The van der Waals surface area contributed by atoms with E-state index in [1.54, 1.807) is 0 Å². The second-order valence-corrected chi connectivity index (χ2v) is 6.23. The van der Waals surface area contributed by atoms with Crippen LogP contribution in [0.1, 0.15) is 22.3 Å². The van der Waals surface area contributed by atoms with Crippen LogP contribution in [0.2, 0.25) is 0 Å². The second kappa shape index (κ2) is 7.22. The molecule has 1 amide bonds. The van der Waals surface area contributed by atoms with E-state index in [4.69, 9.17) is 10.5 Å². The van der Waals surface area contributed by atoms with E-state index in [0.29, 0.717) is 12.5 Å². The molecule has 0 bridgehead atoms. The molecule has 2 N–H and O–H groups in total. The molecule has 0 unspecified atom stereocenters. The van der Waals surface area contributed by atoms with E-state index in [0.717, 1.165) is 57.9 Å². The van der Waals surface area contributed by atoms with Gasteiger partial charge in [-0.15, -0.1) is 0 Å². The molecule has 3 rings (SSSR count). The Labute approximate surface area is 132 Å². The minimum absolute atomic E-state index is 0.139. The Bertz CT molecular complexity index is 514. The van der Waals surface area contributed by atoms with E-state index in [9.17, 15) is 4.79 Å². The Morgan fingerprint density at radius 3 is 2.82 bits per heavy atom. The van der Waals surface area contributed by atoms with Crippen molar-refractivity contribution in [3.05, 3.63) is 35.4 Å². The zero-order chi connectivity index (χ0) is 15.4. The Balaban J connectivity index is 1.64. The molecule has 2 heterocycles. The third-order valence-corrected chi connectivity index (χ3v) is 4.59. The van der Waals surface area contributed by atoms with Gasteiger partial charge in [0, 0.05) is 38.3 Å². The van der Waals surface area contributed by atoms with Crippen molar-refractivity contribution < 1.29 is 9.53 Å². The third kappa shape index (κ3) is 3.66. The summed E-state index contributed by atoms with van der Waals surface area (Å²) in [4.78, 5) is 16.9. The van der Waals surface area contributed by atoms with Gasteiger partial charge in [0.25, 0.3) is 5.91 Å². The van der Waals surface area contributed by atoms with Gasteiger partial charge in [-0.25, -0.2) is 0 Å². The highest BCUT2D eigenvalue weighted by Gasteiger charge is 2.26. The maximum absolute atomic E-state index is 12.6. The molecule has 1 atom stereocenters. The molecule has 0 aromatic heterocycles. The first-order chi connectivity index (χ1) is 10.8. The maximum Gasteiger partial charge on any atom is 0.253 e. The molecular formula is C17H25N3O2. The number of benzene rings is 1. The Hall–Kier alpha value is -1.43. The SMILES string of the molecule is NC[C@H]1CCN(C(=O)c2cccc(CN3CCOCC3)c2)C1. The smallest absolute Gasteiger partial charge is 0.253 e. The number of carbonyl (C=O) groups excluding carboxylic acids is 1. The molecule has 0 radical (unpaired) electrons. The Morgan fingerprint density at radius 1 is 1.27 bits per heavy atom. The molecule has 0 aliphatic carbocycles.